The van der Waals surface area contributed by atoms with Crippen LogP contribution in [0.1, 0.15) is 56.5 Å². The Balaban J connectivity index is 2.11. The van der Waals surface area contributed by atoms with Crippen LogP contribution in [0, 0.1) is 5.41 Å². The molecule has 0 unspecified atom stereocenters. The first-order valence-corrected chi connectivity index (χ1v) is 8.26. The van der Waals surface area contributed by atoms with E-state index in [-0.39, 0.29) is 5.78 Å². The van der Waals surface area contributed by atoms with Crippen LogP contribution in [0.5, 0.6) is 0 Å². The lowest BCUT2D eigenvalue weighted by Crippen LogP contribution is -2.20. The highest BCUT2D eigenvalue weighted by molar-refractivity contribution is 6.08. The van der Waals surface area contributed by atoms with Gasteiger partial charge in [0.2, 0.25) is 0 Å². The lowest BCUT2D eigenvalue weighted by atomic mass is 9.87. The highest BCUT2D eigenvalue weighted by Crippen LogP contribution is 2.27. The summed E-state index contributed by atoms with van der Waals surface area (Å²) in [5, 5.41) is 0. The van der Waals surface area contributed by atoms with Crippen LogP contribution in [-0.2, 0) is 0 Å². The number of fused-ring (bicyclic) bond motifs is 1. The van der Waals surface area contributed by atoms with Gasteiger partial charge in [-0.2, -0.15) is 0 Å². The van der Waals surface area contributed by atoms with Crippen LogP contribution in [0.15, 0.2) is 36.7 Å². The molecule has 1 N–H and O–H groups in total. The summed E-state index contributed by atoms with van der Waals surface area (Å²) in [6.07, 6.45) is 3.47. The van der Waals surface area contributed by atoms with Crippen LogP contribution in [0.4, 0.5) is 0 Å². The highest BCUT2D eigenvalue weighted by Gasteiger charge is 2.26. The summed E-state index contributed by atoms with van der Waals surface area (Å²) in [7, 11) is 0. The van der Waals surface area contributed by atoms with Gasteiger partial charge in [0.1, 0.15) is 5.52 Å². The minimum atomic E-state index is -0.454. The fourth-order valence-electron chi connectivity index (χ4n) is 2.66. The average molecular weight is 321 g/mol. The Labute approximate surface area is 142 Å². The number of aromatic amines is 1. The van der Waals surface area contributed by atoms with Crippen molar-refractivity contribution in [1.29, 1.82) is 0 Å². The third-order valence-electron chi connectivity index (χ3n) is 4.16. The number of ketones is 1. The number of nitrogens with zero attached hydrogens (tertiary/aromatic N) is 2. The second-order valence-corrected chi connectivity index (χ2v) is 7.51. The molecule has 0 spiro atoms. The molecule has 0 amide bonds. The normalized spacial score (nSPS) is 12.1. The van der Waals surface area contributed by atoms with E-state index in [2.05, 4.69) is 35.9 Å². The van der Waals surface area contributed by atoms with Crippen LogP contribution < -0.4 is 0 Å². The topological polar surface area (TPSA) is 58.6 Å². The highest BCUT2D eigenvalue weighted by atomic mass is 16.1. The van der Waals surface area contributed by atoms with Gasteiger partial charge in [-0.05, 0) is 17.5 Å². The zero-order chi connectivity index (χ0) is 17.5. The first-order valence-electron chi connectivity index (χ1n) is 8.26. The van der Waals surface area contributed by atoms with Gasteiger partial charge in [-0.15, -0.1) is 0 Å². The van der Waals surface area contributed by atoms with E-state index in [0.29, 0.717) is 22.6 Å². The Kier molecular flexibility index (Phi) is 3.99. The Hall–Kier alpha value is -2.49. The molecule has 0 bridgehead atoms. The van der Waals surface area contributed by atoms with E-state index in [1.165, 1.54) is 5.56 Å². The molecule has 24 heavy (non-hydrogen) atoms. The molecular formula is C20H23N3O. The molecule has 0 atom stereocenters. The first kappa shape index (κ1) is 16.4. The second kappa shape index (κ2) is 5.86. The molecule has 2 aromatic heterocycles. The molecule has 4 nitrogen and oxygen atoms in total. The van der Waals surface area contributed by atoms with Crippen molar-refractivity contribution in [1.82, 2.24) is 15.0 Å². The molecule has 2 heterocycles. The molecule has 0 radical (unpaired) electrons. The maximum absolute atomic E-state index is 12.6. The second-order valence-electron chi connectivity index (χ2n) is 7.51. The number of carbonyl (C=O) groups is 1. The molecule has 0 aliphatic heterocycles. The zero-order valence-corrected chi connectivity index (χ0v) is 14.8. The van der Waals surface area contributed by atoms with E-state index < -0.39 is 5.41 Å². The molecule has 0 aliphatic rings. The molecule has 4 heteroatoms. The van der Waals surface area contributed by atoms with Gasteiger partial charge in [0, 0.05) is 17.2 Å². The molecule has 0 saturated heterocycles. The Morgan fingerprint density at radius 3 is 2.62 bits per heavy atom. The van der Waals surface area contributed by atoms with Gasteiger partial charge in [0.15, 0.2) is 11.4 Å². The lowest BCUT2D eigenvalue weighted by Gasteiger charge is -2.15. The van der Waals surface area contributed by atoms with Crippen molar-refractivity contribution in [2.24, 2.45) is 5.41 Å². The van der Waals surface area contributed by atoms with Crippen LogP contribution >= 0.6 is 0 Å². The number of benzene rings is 1. The molecular weight excluding hydrogens is 298 g/mol. The van der Waals surface area contributed by atoms with E-state index in [9.17, 15) is 4.79 Å². The van der Waals surface area contributed by atoms with Gasteiger partial charge in [0.05, 0.1) is 17.5 Å². The minimum Gasteiger partial charge on any atom is -0.344 e. The predicted octanol–water partition coefficient (Wildman–Crippen LogP) is 4.98. The maximum atomic E-state index is 12.6. The number of hydrogen-bond acceptors (Lipinski definition) is 3. The number of aromatic nitrogens is 3. The number of carbonyl (C=O) groups excluding carboxylic acids is 1. The van der Waals surface area contributed by atoms with Gasteiger partial charge in [0.25, 0.3) is 0 Å². The Morgan fingerprint density at radius 1 is 1.21 bits per heavy atom. The van der Waals surface area contributed by atoms with E-state index in [1.54, 1.807) is 12.4 Å². The quantitative estimate of drug-likeness (QED) is 0.692. The van der Waals surface area contributed by atoms with Gasteiger partial charge in [-0.1, -0.05) is 52.8 Å². The average Bonchev–Trinajstić information content (AvgIpc) is 2.96. The molecule has 0 fully saturated rings. The maximum Gasteiger partial charge on any atom is 0.171 e. The van der Waals surface area contributed by atoms with Crippen molar-refractivity contribution in [3.8, 4) is 11.3 Å². The molecule has 0 saturated carbocycles. The van der Waals surface area contributed by atoms with Crippen LogP contribution in [0.25, 0.3) is 22.4 Å². The van der Waals surface area contributed by atoms with Crippen molar-refractivity contribution >= 4 is 16.9 Å². The third kappa shape index (κ3) is 2.96. The van der Waals surface area contributed by atoms with Crippen molar-refractivity contribution in [3.05, 3.63) is 47.8 Å². The summed E-state index contributed by atoms with van der Waals surface area (Å²) in [4.78, 5) is 24.9. The number of Topliss-reactive ketones (excluding diaryl/α,β-unsaturated/α-hetero) is 1. The summed E-state index contributed by atoms with van der Waals surface area (Å²) in [6, 6.07) is 8.32. The predicted molar refractivity (Wildman–Crippen MR) is 97.2 cm³/mol. The van der Waals surface area contributed by atoms with Crippen molar-refractivity contribution in [3.63, 3.8) is 0 Å². The van der Waals surface area contributed by atoms with Crippen LogP contribution in [0.3, 0.4) is 0 Å². The molecule has 0 aliphatic carbocycles. The summed E-state index contributed by atoms with van der Waals surface area (Å²) in [5.41, 5.74) is 4.50. The lowest BCUT2D eigenvalue weighted by molar-refractivity contribution is 0.0860. The summed E-state index contributed by atoms with van der Waals surface area (Å²) < 4.78 is 0. The number of nitrogens with one attached hydrogen (secondary N) is 1. The monoisotopic (exact) mass is 321 g/mol. The van der Waals surface area contributed by atoms with E-state index >= 15 is 0 Å². The molecule has 124 valence electrons. The first-order chi connectivity index (χ1) is 11.3. The van der Waals surface area contributed by atoms with Gasteiger partial charge >= 0.3 is 0 Å². The smallest absolute Gasteiger partial charge is 0.171 e. The third-order valence-corrected chi connectivity index (χ3v) is 4.16. The van der Waals surface area contributed by atoms with Gasteiger partial charge < -0.3 is 4.98 Å². The summed E-state index contributed by atoms with van der Waals surface area (Å²) >= 11 is 0. The van der Waals surface area contributed by atoms with Crippen molar-refractivity contribution < 1.29 is 4.79 Å². The largest absolute Gasteiger partial charge is 0.344 e. The van der Waals surface area contributed by atoms with E-state index in [4.69, 9.17) is 4.98 Å². The molecule has 1 aromatic carbocycles. The number of hydrogen-bond donors (Lipinski definition) is 1. The Bertz CT molecular complexity index is 901. The number of rotatable bonds is 3. The van der Waals surface area contributed by atoms with Gasteiger partial charge in [-0.3, -0.25) is 4.79 Å². The van der Waals surface area contributed by atoms with Crippen molar-refractivity contribution in [2.75, 3.05) is 0 Å². The fourth-order valence-corrected chi connectivity index (χ4v) is 2.66. The fraction of sp³-hybridized carbons (Fsp3) is 0.350. The van der Waals surface area contributed by atoms with Gasteiger partial charge in [-0.25, -0.2) is 9.97 Å². The van der Waals surface area contributed by atoms with E-state index in [1.807, 2.05) is 32.9 Å². The van der Waals surface area contributed by atoms with Crippen LogP contribution in [-0.4, -0.2) is 20.7 Å². The Morgan fingerprint density at radius 2 is 1.96 bits per heavy atom. The van der Waals surface area contributed by atoms with Crippen molar-refractivity contribution in [2.45, 2.75) is 40.5 Å². The summed E-state index contributed by atoms with van der Waals surface area (Å²) in [6.45, 7) is 10.1. The number of H-pyrrole nitrogens is 1. The SMILES string of the molecule is CC(C)c1cccc(-c2cnc3[nH]cc(C(=O)C(C)(C)C)c3n2)c1. The standard InChI is InChI=1S/C20H23N3O/c1-12(2)13-7-6-8-14(9-13)16-11-22-19-17(23-16)15(10-21-19)18(24)20(3,4)5/h6-12H,1-5H3,(H,21,22). The zero-order valence-electron chi connectivity index (χ0n) is 14.8. The summed E-state index contributed by atoms with van der Waals surface area (Å²) in [5.74, 6) is 0.517. The molecule has 3 rings (SSSR count). The van der Waals surface area contributed by atoms with E-state index in [0.717, 1.165) is 11.3 Å². The minimum absolute atomic E-state index is 0.0659. The van der Waals surface area contributed by atoms with Crippen LogP contribution in [0.2, 0.25) is 0 Å². The molecule has 3 aromatic rings.